The Morgan fingerprint density at radius 2 is 1.72 bits per heavy atom. The lowest BCUT2D eigenvalue weighted by molar-refractivity contribution is -0.117. The Morgan fingerprint density at radius 3 is 2.41 bits per heavy atom. The van der Waals surface area contributed by atoms with E-state index in [1.54, 1.807) is 24.4 Å². The quantitative estimate of drug-likeness (QED) is 0.512. The number of hydrogen-bond acceptors (Lipinski definition) is 3. The van der Waals surface area contributed by atoms with Crippen molar-refractivity contribution in [1.82, 2.24) is 14.3 Å². The number of aryl methyl sites for hydroxylation is 4. The number of hydrogen-bond donors (Lipinski definition) is 1. The van der Waals surface area contributed by atoms with Crippen LogP contribution in [0.5, 0.6) is 0 Å². The molecule has 164 valence electrons. The van der Waals surface area contributed by atoms with E-state index in [0.717, 1.165) is 22.5 Å². The van der Waals surface area contributed by atoms with Gasteiger partial charge >= 0.3 is 0 Å². The zero-order chi connectivity index (χ0) is 23.0. The van der Waals surface area contributed by atoms with Crippen LogP contribution in [0.25, 0.3) is 10.8 Å². The predicted octanol–water partition coefficient (Wildman–Crippen LogP) is 4.26. The van der Waals surface area contributed by atoms with Gasteiger partial charge in [-0.1, -0.05) is 24.3 Å². The average Bonchev–Trinajstić information content (AvgIpc) is 2.96. The topological polar surface area (TPSA) is 68.9 Å². The second kappa shape index (κ2) is 8.42. The van der Waals surface area contributed by atoms with Crippen molar-refractivity contribution in [3.05, 3.63) is 92.9 Å². The van der Waals surface area contributed by atoms with Crippen molar-refractivity contribution in [3.8, 4) is 0 Å². The van der Waals surface area contributed by atoms with Crippen molar-refractivity contribution in [2.24, 2.45) is 0 Å². The molecule has 4 aromatic rings. The van der Waals surface area contributed by atoms with Gasteiger partial charge in [-0.05, 0) is 57.0 Å². The number of aromatic nitrogens is 3. The Balaban J connectivity index is 1.65. The summed E-state index contributed by atoms with van der Waals surface area (Å²) >= 11 is 0. The molecule has 6 nitrogen and oxygen atoms in total. The van der Waals surface area contributed by atoms with Gasteiger partial charge in [0.25, 0.3) is 5.56 Å². The van der Waals surface area contributed by atoms with Crippen LogP contribution in [0.1, 0.15) is 28.1 Å². The number of anilines is 1. The van der Waals surface area contributed by atoms with E-state index >= 15 is 0 Å². The summed E-state index contributed by atoms with van der Waals surface area (Å²) in [6.45, 7) is 7.75. The highest BCUT2D eigenvalue weighted by molar-refractivity contribution is 5.91. The molecule has 0 spiro atoms. The zero-order valence-corrected chi connectivity index (χ0v) is 18.6. The van der Waals surface area contributed by atoms with Crippen LogP contribution >= 0.6 is 0 Å². The molecular weight excluding hydrogens is 407 g/mol. The lowest BCUT2D eigenvalue weighted by Crippen LogP contribution is -2.29. The van der Waals surface area contributed by atoms with E-state index in [2.05, 4.69) is 10.4 Å². The number of amides is 1. The SMILES string of the molecule is Cc1cc(C)cc(NC(=O)Cn2ncc3c(C)n(Cc4ccccc4F)c(C)c3c2=O)c1. The van der Waals surface area contributed by atoms with Gasteiger partial charge in [0.05, 0.1) is 18.1 Å². The molecule has 0 saturated carbocycles. The molecule has 0 radical (unpaired) electrons. The third-order valence-electron chi connectivity index (χ3n) is 5.69. The summed E-state index contributed by atoms with van der Waals surface area (Å²) in [5.74, 6) is -0.619. The Kier molecular flexibility index (Phi) is 5.65. The average molecular weight is 432 g/mol. The largest absolute Gasteiger partial charge is 0.343 e. The maximum absolute atomic E-state index is 14.2. The lowest BCUT2D eigenvalue weighted by Gasteiger charge is -2.10. The number of fused-ring (bicyclic) bond motifs is 1. The van der Waals surface area contributed by atoms with E-state index in [1.165, 1.54) is 10.7 Å². The van der Waals surface area contributed by atoms with Gasteiger partial charge in [-0.2, -0.15) is 5.10 Å². The minimum Gasteiger partial charge on any atom is -0.343 e. The predicted molar refractivity (Wildman–Crippen MR) is 124 cm³/mol. The van der Waals surface area contributed by atoms with E-state index in [1.807, 2.05) is 50.5 Å². The van der Waals surface area contributed by atoms with Gasteiger partial charge in [0.15, 0.2) is 0 Å². The van der Waals surface area contributed by atoms with Gasteiger partial charge in [-0.3, -0.25) is 9.59 Å². The highest BCUT2D eigenvalue weighted by atomic mass is 19.1. The molecule has 32 heavy (non-hydrogen) atoms. The third-order valence-corrected chi connectivity index (χ3v) is 5.69. The fourth-order valence-electron chi connectivity index (χ4n) is 4.17. The number of rotatable bonds is 5. The molecular formula is C25H25FN4O2. The third kappa shape index (κ3) is 4.06. The van der Waals surface area contributed by atoms with Gasteiger partial charge in [0.2, 0.25) is 5.91 Å². The van der Waals surface area contributed by atoms with Gasteiger partial charge in [0, 0.05) is 28.0 Å². The normalized spacial score (nSPS) is 11.2. The minimum atomic E-state index is -0.342. The van der Waals surface area contributed by atoms with Crippen molar-refractivity contribution in [2.45, 2.75) is 40.8 Å². The first-order valence-corrected chi connectivity index (χ1v) is 10.4. The molecule has 0 saturated heterocycles. The molecule has 0 unspecified atom stereocenters. The maximum Gasteiger partial charge on any atom is 0.276 e. The zero-order valence-electron chi connectivity index (χ0n) is 18.6. The van der Waals surface area contributed by atoms with E-state index in [4.69, 9.17) is 0 Å². The molecule has 1 N–H and O–H groups in total. The molecule has 0 fully saturated rings. The molecule has 1 amide bonds. The van der Waals surface area contributed by atoms with E-state index in [-0.39, 0.29) is 23.8 Å². The monoisotopic (exact) mass is 432 g/mol. The fourth-order valence-corrected chi connectivity index (χ4v) is 4.17. The summed E-state index contributed by atoms with van der Waals surface area (Å²) in [5.41, 5.74) is 4.52. The first kappa shape index (κ1) is 21.5. The Morgan fingerprint density at radius 1 is 1.03 bits per heavy atom. The Hall–Kier alpha value is -3.74. The van der Waals surface area contributed by atoms with Crippen molar-refractivity contribution < 1.29 is 9.18 Å². The van der Waals surface area contributed by atoms with E-state index < -0.39 is 0 Å². The maximum atomic E-state index is 14.2. The molecule has 0 aliphatic carbocycles. The second-order valence-corrected chi connectivity index (χ2v) is 8.17. The van der Waals surface area contributed by atoms with Crippen LogP contribution in [0.4, 0.5) is 10.1 Å². The molecule has 7 heteroatoms. The molecule has 0 bridgehead atoms. The van der Waals surface area contributed by atoms with Crippen LogP contribution in [0.3, 0.4) is 0 Å². The smallest absolute Gasteiger partial charge is 0.276 e. The first-order chi connectivity index (χ1) is 15.2. The van der Waals surface area contributed by atoms with Gasteiger partial charge < -0.3 is 9.88 Å². The van der Waals surface area contributed by atoms with Gasteiger partial charge in [-0.25, -0.2) is 9.07 Å². The molecule has 0 aliphatic rings. The Labute approximate surface area is 185 Å². The number of nitrogens with one attached hydrogen (secondary N) is 1. The highest BCUT2D eigenvalue weighted by Gasteiger charge is 2.18. The van der Waals surface area contributed by atoms with Crippen molar-refractivity contribution in [3.63, 3.8) is 0 Å². The summed E-state index contributed by atoms with van der Waals surface area (Å²) in [4.78, 5) is 25.7. The standard InChI is InChI=1S/C25H25FN4O2/c1-15-9-16(2)11-20(10-15)28-23(31)14-30-25(32)24-18(4)29(17(3)21(24)12-27-30)13-19-7-5-6-8-22(19)26/h5-12H,13-14H2,1-4H3,(H,28,31). The van der Waals surface area contributed by atoms with Crippen molar-refractivity contribution in [1.29, 1.82) is 0 Å². The van der Waals surface area contributed by atoms with E-state index in [0.29, 0.717) is 28.6 Å². The molecule has 0 atom stereocenters. The van der Waals surface area contributed by atoms with Crippen LogP contribution in [0.2, 0.25) is 0 Å². The number of benzene rings is 2. The lowest BCUT2D eigenvalue weighted by atomic mass is 10.1. The van der Waals surface area contributed by atoms with Crippen molar-refractivity contribution >= 4 is 22.4 Å². The fraction of sp³-hybridized carbons (Fsp3) is 0.240. The molecule has 2 aromatic heterocycles. The van der Waals surface area contributed by atoms with Crippen LogP contribution in [0.15, 0.2) is 53.5 Å². The minimum absolute atomic E-state index is 0.196. The number of nitrogens with zero attached hydrogens (tertiary/aromatic N) is 3. The number of halogens is 1. The summed E-state index contributed by atoms with van der Waals surface area (Å²) in [5, 5.41) is 8.25. The van der Waals surface area contributed by atoms with Crippen LogP contribution in [-0.4, -0.2) is 20.3 Å². The highest BCUT2D eigenvalue weighted by Crippen LogP contribution is 2.23. The van der Waals surface area contributed by atoms with Crippen LogP contribution in [-0.2, 0) is 17.9 Å². The molecule has 4 rings (SSSR count). The molecule has 2 aromatic carbocycles. The molecule has 0 aliphatic heterocycles. The summed E-state index contributed by atoms with van der Waals surface area (Å²) in [7, 11) is 0. The number of carbonyl (C=O) groups excluding carboxylic acids is 1. The summed E-state index contributed by atoms with van der Waals surface area (Å²) in [6, 6.07) is 12.4. The van der Waals surface area contributed by atoms with Crippen LogP contribution in [0, 0.1) is 33.5 Å². The number of carbonyl (C=O) groups is 1. The second-order valence-electron chi connectivity index (χ2n) is 8.17. The summed E-state index contributed by atoms with van der Waals surface area (Å²) < 4.78 is 17.2. The van der Waals surface area contributed by atoms with Crippen molar-refractivity contribution in [2.75, 3.05) is 5.32 Å². The summed E-state index contributed by atoms with van der Waals surface area (Å²) in [6.07, 6.45) is 1.60. The molecule has 2 heterocycles. The van der Waals surface area contributed by atoms with Gasteiger partial charge in [0.1, 0.15) is 12.4 Å². The Bertz CT molecular complexity index is 1380. The van der Waals surface area contributed by atoms with E-state index in [9.17, 15) is 14.0 Å². The van der Waals surface area contributed by atoms with Crippen LogP contribution < -0.4 is 10.9 Å². The first-order valence-electron chi connectivity index (χ1n) is 10.4. The van der Waals surface area contributed by atoms with Gasteiger partial charge in [-0.15, -0.1) is 0 Å².